The number of rotatable bonds is 0. The predicted molar refractivity (Wildman–Crippen MR) is 25.7 cm³/mol. The highest BCUT2D eigenvalue weighted by Gasteiger charge is 1.40. The second-order valence-corrected chi connectivity index (χ2v) is 1.32. The third-order valence-electron chi connectivity index (χ3n) is 0. The lowest BCUT2D eigenvalue weighted by Crippen LogP contribution is -1.40. The molecule has 0 aliphatic carbocycles. The third-order valence-corrected chi connectivity index (χ3v) is 0. The number of hydrogen-bond acceptors (Lipinski definition) is 3. The zero-order valence-corrected chi connectivity index (χ0v) is 5.16. The highest BCUT2D eigenvalue weighted by Crippen LogP contribution is 1.56. The van der Waals surface area contributed by atoms with Crippen molar-refractivity contribution in [3.63, 3.8) is 0 Å². The van der Waals surface area contributed by atoms with Gasteiger partial charge in [0.05, 0.1) is 0 Å². The van der Waals surface area contributed by atoms with E-state index in [-0.39, 0.29) is 0 Å². The summed E-state index contributed by atoms with van der Waals surface area (Å²) < 4.78 is 25.3. The molecule has 0 bridgehead atoms. The van der Waals surface area contributed by atoms with Gasteiger partial charge >= 0.3 is 10.6 Å². The summed E-state index contributed by atoms with van der Waals surface area (Å²) in [6.07, 6.45) is 1.25. The Hall–Kier alpha value is -0.380. The van der Waals surface area contributed by atoms with Gasteiger partial charge in [0.1, 0.15) is 0 Å². The quantitative estimate of drug-likeness (QED) is 0.470. The van der Waals surface area contributed by atoms with Gasteiger partial charge in [-0.1, -0.05) is 20.3 Å². The minimum Gasteiger partial charge on any atom is -0.142 e. The van der Waals surface area contributed by atoms with Crippen LogP contribution < -0.4 is 0 Å². The van der Waals surface area contributed by atoms with E-state index in [0.717, 1.165) is 0 Å². The Morgan fingerprint density at radius 1 is 1.14 bits per heavy atom. The SMILES string of the molecule is CCC.O=S(=O)=O. The Kier molecular flexibility index (Phi) is 12.8. The molecule has 7 heavy (non-hydrogen) atoms. The van der Waals surface area contributed by atoms with Crippen molar-refractivity contribution < 1.29 is 12.6 Å². The molecule has 0 atom stereocenters. The molecule has 4 heteroatoms. The van der Waals surface area contributed by atoms with Crippen LogP contribution in [0.5, 0.6) is 0 Å². The van der Waals surface area contributed by atoms with E-state index in [1.807, 2.05) is 0 Å². The lowest BCUT2D eigenvalue weighted by atomic mass is 10.6. The molecule has 0 aromatic carbocycles. The molecule has 44 valence electrons. The van der Waals surface area contributed by atoms with Crippen LogP contribution in [0.15, 0.2) is 0 Å². The van der Waals surface area contributed by atoms with Crippen LogP contribution in [0.3, 0.4) is 0 Å². The monoisotopic (exact) mass is 124 g/mol. The summed E-state index contributed by atoms with van der Waals surface area (Å²) >= 11 is 0. The van der Waals surface area contributed by atoms with E-state index in [9.17, 15) is 0 Å². The van der Waals surface area contributed by atoms with Gasteiger partial charge in [0.15, 0.2) is 0 Å². The summed E-state index contributed by atoms with van der Waals surface area (Å²) in [5, 5.41) is 0. The van der Waals surface area contributed by atoms with Crippen molar-refractivity contribution in [3.05, 3.63) is 0 Å². The van der Waals surface area contributed by atoms with Gasteiger partial charge < -0.3 is 0 Å². The molecule has 0 spiro atoms. The fourth-order valence-electron chi connectivity index (χ4n) is 0. The van der Waals surface area contributed by atoms with E-state index in [4.69, 9.17) is 12.6 Å². The molecule has 0 saturated heterocycles. The molecule has 0 fully saturated rings. The molecule has 0 aliphatic rings. The third kappa shape index (κ3) is 510. The van der Waals surface area contributed by atoms with Crippen LogP contribution in [-0.4, -0.2) is 12.6 Å². The summed E-state index contributed by atoms with van der Waals surface area (Å²) in [7, 11) is -3.11. The van der Waals surface area contributed by atoms with Crippen molar-refractivity contribution in [2.45, 2.75) is 20.3 Å². The molecule has 0 radical (unpaired) electrons. The number of hydrogen-bond donors (Lipinski definition) is 0. The van der Waals surface area contributed by atoms with Crippen molar-refractivity contribution in [3.8, 4) is 0 Å². The summed E-state index contributed by atoms with van der Waals surface area (Å²) in [4.78, 5) is 0. The van der Waals surface area contributed by atoms with E-state index in [1.165, 1.54) is 6.42 Å². The molecule has 0 unspecified atom stereocenters. The summed E-state index contributed by atoms with van der Waals surface area (Å²) in [6, 6.07) is 0. The second kappa shape index (κ2) is 9.15. The van der Waals surface area contributed by atoms with Crippen LogP contribution in [0.1, 0.15) is 20.3 Å². The maximum absolute atomic E-state index is 8.44. The minimum atomic E-state index is -3.11. The van der Waals surface area contributed by atoms with E-state index < -0.39 is 10.6 Å². The molecule has 0 saturated carbocycles. The van der Waals surface area contributed by atoms with Crippen molar-refractivity contribution in [2.75, 3.05) is 0 Å². The Morgan fingerprint density at radius 2 is 1.14 bits per heavy atom. The van der Waals surface area contributed by atoms with Crippen LogP contribution in [0, 0.1) is 0 Å². The van der Waals surface area contributed by atoms with Crippen molar-refractivity contribution in [2.24, 2.45) is 0 Å². The topological polar surface area (TPSA) is 51.2 Å². The van der Waals surface area contributed by atoms with Gasteiger partial charge in [-0.25, -0.2) is 0 Å². The predicted octanol–water partition coefficient (Wildman–Crippen LogP) is 0.412. The van der Waals surface area contributed by atoms with Crippen LogP contribution in [0.2, 0.25) is 0 Å². The first-order valence-corrected chi connectivity index (χ1v) is 2.91. The van der Waals surface area contributed by atoms with Gasteiger partial charge in [-0.3, -0.25) is 0 Å². The van der Waals surface area contributed by atoms with Crippen LogP contribution in [0.4, 0.5) is 0 Å². The maximum atomic E-state index is 8.44. The zero-order chi connectivity index (χ0) is 6.28. The Bertz CT molecular complexity index is 90.4. The minimum absolute atomic E-state index is 1.25. The van der Waals surface area contributed by atoms with Crippen LogP contribution in [0.25, 0.3) is 0 Å². The first-order chi connectivity index (χ1) is 3.15. The average molecular weight is 124 g/mol. The molecule has 0 amide bonds. The van der Waals surface area contributed by atoms with Gasteiger partial charge in [-0.15, -0.1) is 12.6 Å². The molecule has 0 aromatic heterocycles. The first kappa shape index (κ1) is 9.80. The summed E-state index contributed by atoms with van der Waals surface area (Å²) in [5.74, 6) is 0. The lowest BCUT2D eigenvalue weighted by Gasteiger charge is -1.48. The van der Waals surface area contributed by atoms with E-state index in [2.05, 4.69) is 13.8 Å². The lowest BCUT2D eigenvalue weighted by molar-refractivity contribution is 0.559. The summed E-state index contributed by atoms with van der Waals surface area (Å²) in [6.45, 7) is 4.25. The Labute approximate surface area is 44.4 Å². The van der Waals surface area contributed by atoms with E-state index >= 15 is 0 Å². The summed E-state index contributed by atoms with van der Waals surface area (Å²) in [5.41, 5.74) is 0. The molecule has 0 aromatic rings. The molecular weight excluding hydrogens is 116 g/mol. The van der Waals surface area contributed by atoms with Crippen molar-refractivity contribution in [1.29, 1.82) is 0 Å². The zero-order valence-electron chi connectivity index (χ0n) is 4.34. The highest BCUT2D eigenvalue weighted by molar-refractivity contribution is 7.59. The second-order valence-electron chi connectivity index (χ2n) is 0.911. The van der Waals surface area contributed by atoms with Crippen LogP contribution in [-0.2, 0) is 10.6 Å². The van der Waals surface area contributed by atoms with Crippen molar-refractivity contribution >= 4 is 10.6 Å². The molecule has 0 rings (SSSR count). The van der Waals surface area contributed by atoms with Gasteiger partial charge in [0, 0.05) is 0 Å². The maximum Gasteiger partial charge on any atom is 0.425 e. The normalized spacial score (nSPS) is 6.00. The van der Waals surface area contributed by atoms with Crippen molar-refractivity contribution in [1.82, 2.24) is 0 Å². The molecule has 0 N–H and O–H groups in total. The van der Waals surface area contributed by atoms with E-state index in [0.29, 0.717) is 0 Å². The van der Waals surface area contributed by atoms with Crippen LogP contribution >= 0.6 is 0 Å². The van der Waals surface area contributed by atoms with E-state index in [1.54, 1.807) is 0 Å². The first-order valence-electron chi connectivity index (χ1n) is 1.91. The van der Waals surface area contributed by atoms with Gasteiger partial charge in [-0.05, 0) is 0 Å². The van der Waals surface area contributed by atoms with Gasteiger partial charge in [0.25, 0.3) is 0 Å². The largest absolute Gasteiger partial charge is 0.425 e. The Balaban J connectivity index is 0. The van der Waals surface area contributed by atoms with Gasteiger partial charge in [-0.2, -0.15) is 0 Å². The van der Waals surface area contributed by atoms with Gasteiger partial charge in [0.2, 0.25) is 0 Å². The smallest absolute Gasteiger partial charge is 0.142 e. The fraction of sp³-hybridized carbons (Fsp3) is 1.00. The molecule has 0 aliphatic heterocycles. The molecule has 0 heterocycles. The average Bonchev–Trinajstić information content (AvgIpc) is 1.33. The molecular formula is C3H8O3S. The standard InChI is InChI=1S/C3H8.O3S/c1-3-2;1-4(2)3/h3H2,1-2H3;. The highest BCUT2D eigenvalue weighted by atomic mass is 32.2. The Morgan fingerprint density at radius 3 is 1.14 bits per heavy atom. The fourth-order valence-corrected chi connectivity index (χ4v) is 0. The molecule has 3 nitrogen and oxygen atoms in total.